The first-order valence-electron chi connectivity index (χ1n) is 6.47. The first-order valence-corrected chi connectivity index (χ1v) is 7.65. The molecule has 0 unspecified atom stereocenters. The maximum absolute atomic E-state index is 11.8. The average molecular weight is 376 g/mol. The lowest BCUT2D eigenvalue weighted by Crippen LogP contribution is -2.18. The van der Waals surface area contributed by atoms with E-state index in [4.69, 9.17) is 21.1 Å². The zero-order valence-electron chi connectivity index (χ0n) is 11.8. The van der Waals surface area contributed by atoms with E-state index in [0.717, 1.165) is 10.0 Å². The van der Waals surface area contributed by atoms with Gasteiger partial charge < -0.3 is 9.47 Å². The largest absolute Gasteiger partial charge is 0.462 e. The number of halogens is 2. The lowest BCUT2D eigenvalue weighted by atomic mass is 10.1. The van der Waals surface area contributed by atoms with Crippen LogP contribution in [0.25, 0.3) is 0 Å². The van der Waals surface area contributed by atoms with Crippen LogP contribution >= 0.6 is 27.5 Å². The van der Waals surface area contributed by atoms with E-state index in [1.165, 1.54) is 6.08 Å². The number of esters is 2. The fourth-order valence-corrected chi connectivity index (χ4v) is 2.10. The summed E-state index contributed by atoms with van der Waals surface area (Å²) in [6.45, 7) is 3.75. The van der Waals surface area contributed by atoms with Crippen molar-refractivity contribution in [1.29, 1.82) is 0 Å². The van der Waals surface area contributed by atoms with Crippen molar-refractivity contribution in [2.24, 2.45) is 0 Å². The molecule has 0 radical (unpaired) electrons. The molecule has 0 atom stereocenters. The summed E-state index contributed by atoms with van der Waals surface area (Å²) in [5.41, 5.74) is 0.808. The van der Waals surface area contributed by atoms with Crippen LogP contribution in [0.15, 0.2) is 34.3 Å². The van der Waals surface area contributed by atoms with Crippen LogP contribution < -0.4 is 0 Å². The van der Waals surface area contributed by atoms with Gasteiger partial charge in [0.25, 0.3) is 0 Å². The van der Waals surface area contributed by atoms with Gasteiger partial charge in [-0.2, -0.15) is 0 Å². The van der Waals surface area contributed by atoms with Crippen LogP contribution in [0, 0.1) is 0 Å². The first-order chi connectivity index (χ1) is 9.99. The Labute approximate surface area is 137 Å². The molecule has 1 aromatic rings. The van der Waals surface area contributed by atoms with Gasteiger partial charge in [-0.1, -0.05) is 23.7 Å². The van der Waals surface area contributed by atoms with Crippen LogP contribution in [0.5, 0.6) is 0 Å². The summed E-state index contributed by atoms with van der Waals surface area (Å²) in [6, 6.07) is 5.38. The standard InChI is InChI=1S/C15H16BrClO4/c1-3-20-14(18)11(15(19)21-4-2)7-5-10-6-8-13(17)12(16)9-10/h6-9H,3-5H2,1-2H3. The van der Waals surface area contributed by atoms with Crippen molar-refractivity contribution in [3.8, 4) is 0 Å². The normalized spacial score (nSPS) is 9.90. The SMILES string of the molecule is CCOC(=O)C(=CCc1ccc(Cl)c(Br)c1)C(=O)OCC. The van der Waals surface area contributed by atoms with Gasteiger partial charge in [-0.05, 0) is 53.9 Å². The van der Waals surface area contributed by atoms with Crippen molar-refractivity contribution in [2.75, 3.05) is 13.2 Å². The number of rotatable bonds is 6. The lowest BCUT2D eigenvalue weighted by Gasteiger charge is -2.07. The molecule has 1 rings (SSSR count). The van der Waals surface area contributed by atoms with Gasteiger partial charge >= 0.3 is 11.9 Å². The van der Waals surface area contributed by atoms with Gasteiger partial charge in [-0.3, -0.25) is 0 Å². The minimum absolute atomic E-state index is 0.0928. The second kappa shape index (κ2) is 8.85. The highest BCUT2D eigenvalue weighted by Gasteiger charge is 2.20. The van der Waals surface area contributed by atoms with E-state index in [9.17, 15) is 9.59 Å². The Hall–Kier alpha value is -1.33. The Morgan fingerprint density at radius 2 is 1.76 bits per heavy atom. The molecule has 0 amide bonds. The lowest BCUT2D eigenvalue weighted by molar-refractivity contribution is -0.146. The van der Waals surface area contributed by atoms with Gasteiger partial charge in [0.1, 0.15) is 5.57 Å². The van der Waals surface area contributed by atoms with Gasteiger partial charge in [0, 0.05) is 4.47 Å². The van der Waals surface area contributed by atoms with Crippen LogP contribution in [0.1, 0.15) is 19.4 Å². The second-order valence-electron chi connectivity index (χ2n) is 4.01. The summed E-state index contributed by atoms with van der Waals surface area (Å²) < 4.78 is 10.5. The number of allylic oxidation sites excluding steroid dienone is 1. The number of carbonyl (C=O) groups is 2. The summed E-state index contributed by atoms with van der Waals surface area (Å²) in [4.78, 5) is 23.6. The maximum Gasteiger partial charge on any atom is 0.345 e. The number of carbonyl (C=O) groups excluding carboxylic acids is 2. The van der Waals surface area contributed by atoms with Gasteiger partial charge in [0.15, 0.2) is 0 Å². The van der Waals surface area contributed by atoms with E-state index in [0.29, 0.717) is 11.4 Å². The smallest absolute Gasteiger partial charge is 0.345 e. The zero-order chi connectivity index (χ0) is 15.8. The Morgan fingerprint density at radius 1 is 1.19 bits per heavy atom. The van der Waals surface area contributed by atoms with E-state index < -0.39 is 11.9 Å². The third-order valence-electron chi connectivity index (χ3n) is 2.52. The maximum atomic E-state index is 11.8. The third kappa shape index (κ3) is 5.52. The van der Waals surface area contributed by atoms with Crippen LogP contribution in [0.3, 0.4) is 0 Å². The number of benzene rings is 1. The predicted molar refractivity (Wildman–Crippen MR) is 84.2 cm³/mol. The van der Waals surface area contributed by atoms with Crippen LogP contribution in [-0.2, 0) is 25.5 Å². The first kappa shape index (κ1) is 17.7. The summed E-state index contributed by atoms with van der Waals surface area (Å²) in [7, 11) is 0. The molecule has 4 nitrogen and oxygen atoms in total. The van der Waals surface area contributed by atoms with E-state index in [-0.39, 0.29) is 18.8 Å². The molecule has 0 saturated heterocycles. The van der Waals surface area contributed by atoms with Crippen molar-refractivity contribution in [3.05, 3.63) is 44.9 Å². The van der Waals surface area contributed by atoms with Gasteiger partial charge in [-0.25, -0.2) is 9.59 Å². The summed E-state index contributed by atoms with van der Waals surface area (Å²) >= 11 is 9.24. The van der Waals surface area contributed by atoms with Gasteiger partial charge in [0.2, 0.25) is 0 Å². The number of hydrogen-bond donors (Lipinski definition) is 0. The Kier molecular flexibility index (Phi) is 7.47. The van der Waals surface area contributed by atoms with Crippen molar-refractivity contribution in [1.82, 2.24) is 0 Å². The minimum atomic E-state index is -0.677. The molecule has 0 fully saturated rings. The predicted octanol–water partition coefficient (Wildman–Crippen LogP) is 3.70. The fraction of sp³-hybridized carbons (Fsp3) is 0.333. The van der Waals surface area contributed by atoms with Crippen LogP contribution in [0.2, 0.25) is 5.02 Å². The molecule has 21 heavy (non-hydrogen) atoms. The highest BCUT2D eigenvalue weighted by molar-refractivity contribution is 9.10. The molecule has 0 spiro atoms. The molecule has 0 aliphatic rings. The van der Waals surface area contributed by atoms with E-state index in [2.05, 4.69) is 15.9 Å². The molecule has 0 aliphatic heterocycles. The number of ether oxygens (including phenoxy) is 2. The molecule has 6 heteroatoms. The highest BCUT2D eigenvalue weighted by Crippen LogP contribution is 2.23. The second-order valence-corrected chi connectivity index (χ2v) is 5.27. The quantitative estimate of drug-likeness (QED) is 0.329. The molecule has 0 bridgehead atoms. The third-order valence-corrected chi connectivity index (χ3v) is 3.73. The minimum Gasteiger partial charge on any atom is -0.462 e. The average Bonchev–Trinajstić information content (AvgIpc) is 2.43. The Bertz CT molecular complexity index is 535. The van der Waals surface area contributed by atoms with Crippen molar-refractivity contribution in [2.45, 2.75) is 20.3 Å². The molecule has 0 saturated carbocycles. The van der Waals surface area contributed by atoms with E-state index >= 15 is 0 Å². The molecule has 1 aromatic carbocycles. The molecule has 0 aliphatic carbocycles. The van der Waals surface area contributed by atoms with Crippen molar-refractivity contribution < 1.29 is 19.1 Å². The molecule has 0 N–H and O–H groups in total. The molecular weight excluding hydrogens is 360 g/mol. The van der Waals surface area contributed by atoms with E-state index in [1.807, 2.05) is 12.1 Å². The van der Waals surface area contributed by atoms with Crippen LogP contribution in [0.4, 0.5) is 0 Å². The molecule has 114 valence electrons. The van der Waals surface area contributed by atoms with E-state index in [1.54, 1.807) is 19.9 Å². The Balaban J connectivity index is 2.93. The number of hydrogen-bond acceptors (Lipinski definition) is 4. The summed E-state index contributed by atoms with van der Waals surface area (Å²) in [6.07, 6.45) is 1.90. The topological polar surface area (TPSA) is 52.6 Å². The van der Waals surface area contributed by atoms with Crippen molar-refractivity contribution in [3.63, 3.8) is 0 Å². The Morgan fingerprint density at radius 3 is 2.24 bits per heavy atom. The molecule has 0 heterocycles. The summed E-state index contributed by atoms with van der Waals surface area (Å²) in [5.74, 6) is -1.35. The van der Waals surface area contributed by atoms with Crippen molar-refractivity contribution >= 4 is 39.5 Å². The summed E-state index contributed by atoms with van der Waals surface area (Å²) in [5, 5.41) is 0.596. The van der Waals surface area contributed by atoms with Gasteiger partial charge in [-0.15, -0.1) is 0 Å². The molecular formula is C15H16BrClO4. The fourth-order valence-electron chi connectivity index (χ4n) is 1.55. The monoisotopic (exact) mass is 374 g/mol. The van der Waals surface area contributed by atoms with Gasteiger partial charge in [0.05, 0.1) is 18.2 Å². The zero-order valence-corrected chi connectivity index (χ0v) is 14.2. The van der Waals surface area contributed by atoms with Crippen LogP contribution in [-0.4, -0.2) is 25.2 Å². The highest BCUT2D eigenvalue weighted by atomic mass is 79.9. The molecule has 0 aromatic heterocycles.